The van der Waals surface area contributed by atoms with Crippen molar-refractivity contribution in [2.45, 2.75) is 32.2 Å². The Labute approximate surface area is 139 Å². The molecule has 7 heteroatoms. The van der Waals surface area contributed by atoms with E-state index in [2.05, 4.69) is 10.1 Å². The summed E-state index contributed by atoms with van der Waals surface area (Å²) in [5.41, 5.74) is 0.305. The third kappa shape index (κ3) is 2.98. The zero-order valence-electron chi connectivity index (χ0n) is 13.6. The molecule has 0 aromatic heterocycles. The first-order valence-corrected chi connectivity index (χ1v) is 7.90. The largest absolute Gasteiger partial charge is 0.465 e. The molecule has 1 N–H and O–H groups in total. The lowest BCUT2D eigenvalue weighted by Gasteiger charge is -2.17. The minimum atomic E-state index is -0.718. The normalized spacial score (nSPS) is 20.2. The molecule has 1 atom stereocenters. The number of likely N-dealkylation sites (tertiary alicyclic amines) is 1. The molecule has 1 saturated carbocycles. The van der Waals surface area contributed by atoms with E-state index in [1.165, 1.54) is 19.2 Å². The van der Waals surface area contributed by atoms with E-state index in [4.69, 9.17) is 0 Å². The molecule has 1 saturated heterocycles. The van der Waals surface area contributed by atoms with Gasteiger partial charge < -0.3 is 15.0 Å². The number of benzene rings is 1. The van der Waals surface area contributed by atoms with Crippen LogP contribution in [0, 0.1) is 18.7 Å². The van der Waals surface area contributed by atoms with E-state index >= 15 is 0 Å². The van der Waals surface area contributed by atoms with Crippen molar-refractivity contribution in [1.29, 1.82) is 0 Å². The summed E-state index contributed by atoms with van der Waals surface area (Å²) in [6.45, 7) is 1.98. The van der Waals surface area contributed by atoms with Gasteiger partial charge in [0.2, 0.25) is 11.8 Å². The smallest absolute Gasteiger partial charge is 0.340 e. The van der Waals surface area contributed by atoms with Crippen molar-refractivity contribution in [1.82, 2.24) is 4.90 Å². The predicted octanol–water partition coefficient (Wildman–Crippen LogP) is 1.87. The molecular formula is C17H19FN2O4. The lowest BCUT2D eigenvalue weighted by molar-refractivity contribution is -0.128. The van der Waals surface area contributed by atoms with Gasteiger partial charge >= 0.3 is 5.97 Å². The molecule has 1 unspecified atom stereocenters. The number of amides is 2. The Morgan fingerprint density at radius 1 is 1.33 bits per heavy atom. The van der Waals surface area contributed by atoms with E-state index < -0.39 is 23.6 Å². The van der Waals surface area contributed by atoms with Gasteiger partial charge in [-0.05, 0) is 31.4 Å². The molecule has 0 bridgehead atoms. The molecule has 0 radical (unpaired) electrons. The Balaban J connectivity index is 1.81. The lowest BCUT2D eigenvalue weighted by atomic mass is 10.0. The van der Waals surface area contributed by atoms with E-state index in [0.717, 1.165) is 12.8 Å². The van der Waals surface area contributed by atoms with Gasteiger partial charge in [-0.15, -0.1) is 0 Å². The molecule has 1 aliphatic heterocycles. The third-order valence-corrected chi connectivity index (χ3v) is 4.52. The monoisotopic (exact) mass is 334 g/mol. The first kappa shape index (κ1) is 16.4. The van der Waals surface area contributed by atoms with Crippen molar-refractivity contribution in [3.05, 3.63) is 29.1 Å². The van der Waals surface area contributed by atoms with E-state index in [9.17, 15) is 18.8 Å². The zero-order chi connectivity index (χ0) is 17.4. The minimum absolute atomic E-state index is 0.00535. The number of hydrogen-bond acceptors (Lipinski definition) is 4. The molecule has 1 aromatic rings. The fourth-order valence-electron chi connectivity index (χ4n) is 3.04. The van der Waals surface area contributed by atoms with Crippen molar-refractivity contribution in [2.24, 2.45) is 5.92 Å². The maximum absolute atomic E-state index is 14.2. The average Bonchev–Trinajstić information content (AvgIpc) is 3.32. The van der Waals surface area contributed by atoms with Gasteiger partial charge in [-0.25, -0.2) is 9.18 Å². The number of carbonyl (C=O) groups excluding carboxylic acids is 3. The molecule has 3 rings (SSSR count). The number of nitrogens with one attached hydrogen (secondary N) is 1. The topological polar surface area (TPSA) is 75.7 Å². The van der Waals surface area contributed by atoms with E-state index in [1.54, 1.807) is 11.8 Å². The Kier molecular flexibility index (Phi) is 4.26. The third-order valence-electron chi connectivity index (χ3n) is 4.52. The summed E-state index contributed by atoms with van der Waals surface area (Å²) in [5.74, 6) is -2.47. The van der Waals surface area contributed by atoms with Gasteiger partial charge in [0.15, 0.2) is 0 Å². The second kappa shape index (κ2) is 6.22. The van der Waals surface area contributed by atoms with Crippen LogP contribution < -0.4 is 5.32 Å². The Bertz CT molecular complexity index is 715. The number of nitrogens with zero attached hydrogens (tertiary/aromatic N) is 1. The second-order valence-corrected chi connectivity index (χ2v) is 6.27. The fourth-order valence-corrected chi connectivity index (χ4v) is 3.04. The highest BCUT2D eigenvalue weighted by Gasteiger charge is 2.42. The van der Waals surface area contributed by atoms with Crippen molar-refractivity contribution in [3.63, 3.8) is 0 Å². The first-order chi connectivity index (χ1) is 11.4. The van der Waals surface area contributed by atoms with Crippen LogP contribution >= 0.6 is 0 Å². The number of anilines is 1. The van der Waals surface area contributed by atoms with Crippen LogP contribution in [0.25, 0.3) is 0 Å². The van der Waals surface area contributed by atoms with Gasteiger partial charge in [0.1, 0.15) is 5.82 Å². The van der Waals surface area contributed by atoms with Gasteiger partial charge in [0.05, 0.1) is 24.3 Å². The fraction of sp³-hybridized carbons (Fsp3) is 0.471. The predicted molar refractivity (Wildman–Crippen MR) is 83.9 cm³/mol. The molecule has 128 valence electrons. The van der Waals surface area contributed by atoms with Crippen molar-refractivity contribution < 1.29 is 23.5 Å². The van der Waals surface area contributed by atoms with Gasteiger partial charge in [-0.3, -0.25) is 9.59 Å². The van der Waals surface area contributed by atoms with Gasteiger partial charge in [-0.2, -0.15) is 0 Å². The summed E-state index contributed by atoms with van der Waals surface area (Å²) in [4.78, 5) is 38.1. The lowest BCUT2D eigenvalue weighted by Crippen LogP contribution is -2.30. The molecular weight excluding hydrogens is 315 g/mol. The Hall–Kier alpha value is -2.44. The highest BCUT2D eigenvalue weighted by molar-refractivity contribution is 6.04. The summed E-state index contributed by atoms with van der Waals surface area (Å²) >= 11 is 0. The summed E-state index contributed by atoms with van der Waals surface area (Å²) < 4.78 is 18.8. The van der Waals surface area contributed by atoms with Gasteiger partial charge in [-0.1, -0.05) is 6.07 Å². The van der Waals surface area contributed by atoms with Crippen molar-refractivity contribution in [3.8, 4) is 0 Å². The SMILES string of the molecule is COC(=O)c1c(C)ccc(F)c1NC(=O)C1CC(=O)N(C2CC2)C1. The number of methoxy groups -OCH3 is 1. The molecule has 6 nitrogen and oxygen atoms in total. The molecule has 1 heterocycles. The second-order valence-electron chi connectivity index (χ2n) is 6.27. The Morgan fingerprint density at radius 2 is 2.04 bits per heavy atom. The molecule has 2 aliphatic rings. The number of esters is 1. The number of aryl methyl sites for hydroxylation is 1. The molecule has 0 spiro atoms. The van der Waals surface area contributed by atoms with Crippen molar-refractivity contribution >= 4 is 23.5 Å². The molecule has 2 amide bonds. The molecule has 24 heavy (non-hydrogen) atoms. The summed E-state index contributed by atoms with van der Waals surface area (Å²) in [5, 5.41) is 2.48. The van der Waals surface area contributed by atoms with E-state index in [-0.39, 0.29) is 29.6 Å². The van der Waals surface area contributed by atoms with Crippen LogP contribution in [0.2, 0.25) is 0 Å². The Morgan fingerprint density at radius 3 is 2.67 bits per heavy atom. The molecule has 1 aliphatic carbocycles. The minimum Gasteiger partial charge on any atom is -0.465 e. The van der Waals surface area contributed by atoms with E-state index in [1.807, 2.05) is 0 Å². The van der Waals surface area contributed by atoms with Gasteiger partial charge in [0.25, 0.3) is 0 Å². The number of rotatable bonds is 4. The highest BCUT2D eigenvalue weighted by atomic mass is 19.1. The standard InChI is InChI=1S/C17H19FN2O4/c1-9-3-6-12(18)15(14(9)17(23)24-2)19-16(22)10-7-13(21)20(8-10)11-4-5-11/h3,6,10-11H,4-5,7-8H2,1-2H3,(H,19,22). The number of halogens is 1. The number of carbonyl (C=O) groups is 3. The van der Waals surface area contributed by atoms with E-state index in [0.29, 0.717) is 12.1 Å². The van der Waals surface area contributed by atoms with Crippen molar-refractivity contribution in [2.75, 3.05) is 19.0 Å². The van der Waals surface area contributed by atoms with Crippen LogP contribution in [0.1, 0.15) is 35.2 Å². The summed E-state index contributed by atoms with van der Waals surface area (Å²) in [7, 11) is 1.20. The molecule has 1 aromatic carbocycles. The quantitative estimate of drug-likeness (QED) is 0.853. The zero-order valence-corrected chi connectivity index (χ0v) is 13.6. The highest BCUT2D eigenvalue weighted by Crippen LogP contribution is 2.33. The maximum atomic E-state index is 14.2. The summed E-state index contributed by atoms with van der Waals surface area (Å²) in [6, 6.07) is 2.88. The average molecular weight is 334 g/mol. The van der Waals surface area contributed by atoms with Crippen LogP contribution in [0.4, 0.5) is 10.1 Å². The van der Waals surface area contributed by atoms with Crippen LogP contribution in [-0.2, 0) is 14.3 Å². The number of hydrogen-bond donors (Lipinski definition) is 1. The van der Waals surface area contributed by atoms with Crippen LogP contribution in [0.3, 0.4) is 0 Å². The van der Waals surface area contributed by atoms with Crippen LogP contribution in [0.5, 0.6) is 0 Å². The summed E-state index contributed by atoms with van der Waals surface area (Å²) in [6.07, 6.45) is 2.06. The van der Waals surface area contributed by atoms with Gasteiger partial charge in [0, 0.05) is 19.0 Å². The maximum Gasteiger partial charge on any atom is 0.340 e. The van der Waals surface area contributed by atoms with Crippen LogP contribution in [-0.4, -0.2) is 42.4 Å². The molecule has 2 fully saturated rings. The van der Waals surface area contributed by atoms with Crippen LogP contribution in [0.15, 0.2) is 12.1 Å². The first-order valence-electron chi connectivity index (χ1n) is 7.90. The number of ether oxygens (including phenoxy) is 1.